The van der Waals surface area contributed by atoms with Gasteiger partial charge in [0.1, 0.15) is 11.6 Å². The molecule has 2 aromatic rings. The molecule has 2 heterocycles. The second kappa shape index (κ2) is 10.8. The van der Waals surface area contributed by atoms with Crippen molar-refractivity contribution >= 4 is 40.6 Å². The number of aromatic nitrogens is 2. The zero-order valence-corrected chi connectivity index (χ0v) is 18.9. The second-order valence-corrected chi connectivity index (χ2v) is 7.98. The highest BCUT2D eigenvalue weighted by molar-refractivity contribution is 6.33. The van der Waals surface area contributed by atoms with Gasteiger partial charge in [-0.25, -0.2) is 0 Å². The van der Waals surface area contributed by atoms with E-state index in [-0.39, 0.29) is 18.1 Å². The lowest BCUT2D eigenvalue weighted by Crippen LogP contribution is -2.55. The first-order valence-corrected chi connectivity index (χ1v) is 10.6. The molecule has 1 fully saturated rings. The van der Waals surface area contributed by atoms with Crippen LogP contribution in [0.1, 0.15) is 16.8 Å². The van der Waals surface area contributed by atoms with Crippen LogP contribution in [0.15, 0.2) is 24.3 Å². The molecule has 0 unspecified atom stereocenters. The average Bonchev–Trinajstić information content (AvgIpc) is 2.77. The van der Waals surface area contributed by atoms with Crippen LogP contribution in [0.4, 0.5) is 11.5 Å². The van der Waals surface area contributed by atoms with Crippen molar-refractivity contribution < 1.29 is 14.3 Å². The van der Waals surface area contributed by atoms with Crippen molar-refractivity contribution in [3.8, 4) is 5.75 Å². The van der Waals surface area contributed by atoms with Crippen LogP contribution >= 0.6 is 23.2 Å². The Morgan fingerprint density at radius 3 is 2.77 bits per heavy atom. The fourth-order valence-corrected chi connectivity index (χ4v) is 3.77. The molecule has 11 heteroatoms. The number of hydrogen-bond acceptors (Lipinski definition) is 8. The lowest BCUT2D eigenvalue weighted by Gasteiger charge is -2.38. The highest BCUT2D eigenvalue weighted by Gasteiger charge is 2.31. The summed E-state index contributed by atoms with van der Waals surface area (Å²) in [5, 5.41) is 14.7. The number of halogens is 2. The molecule has 31 heavy (non-hydrogen) atoms. The highest BCUT2D eigenvalue weighted by atomic mass is 35.5. The number of ether oxygens (including phenoxy) is 2. The fourth-order valence-electron chi connectivity index (χ4n) is 3.50. The van der Waals surface area contributed by atoms with Crippen molar-refractivity contribution in [1.29, 1.82) is 0 Å². The monoisotopic (exact) mass is 468 g/mol. The summed E-state index contributed by atoms with van der Waals surface area (Å²) in [6, 6.07) is 6.41. The van der Waals surface area contributed by atoms with Gasteiger partial charge in [0.15, 0.2) is 5.15 Å². The Morgan fingerprint density at radius 2 is 2.10 bits per heavy atom. The van der Waals surface area contributed by atoms with Crippen LogP contribution in [0.5, 0.6) is 5.75 Å². The number of methoxy groups -OCH3 is 2. The first-order chi connectivity index (χ1) is 14.9. The zero-order chi connectivity index (χ0) is 22.4. The van der Waals surface area contributed by atoms with Crippen LogP contribution in [0.2, 0.25) is 10.2 Å². The van der Waals surface area contributed by atoms with E-state index in [1.54, 1.807) is 25.3 Å². The van der Waals surface area contributed by atoms with E-state index >= 15 is 0 Å². The predicted octanol–water partition coefficient (Wildman–Crippen LogP) is 2.31. The smallest absolute Gasteiger partial charge is 0.255 e. The van der Waals surface area contributed by atoms with Gasteiger partial charge in [0.25, 0.3) is 5.91 Å². The van der Waals surface area contributed by atoms with Crippen molar-refractivity contribution in [2.45, 2.75) is 18.6 Å². The van der Waals surface area contributed by atoms with Crippen LogP contribution in [0.25, 0.3) is 0 Å². The van der Waals surface area contributed by atoms with Crippen molar-refractivity contribution in [3.63, 3.8) is 0 Å². The van der Waals surface area contributed by atoms with Gasteiger partial charge in [-0.1, -0.05) is 23.2 Å². The normalized spacial score (nSPS) is 19.1. The Balaban J connectivity index is 1.54. The van der Waals surface area contributed by atoms with E-state index in [1.807, 2.05) is 0 Å². The molecule has 1 aromatic heterocycles. The zero-order valence-electron chi connectivity index (χ0n) is 17.4. The molecular formula is C20H26Cl2N6O3. The third-order valence-electron chi connectivity index (χ3n) is 5.19. The van der Waals surface area contributed by atoms with E-state index in [2.05, 4.69) is 25.7 Å². The highest BCUT2D eigenvalue weighted by Crippen LogP contribution is 2.29. The number of nitrogens with one attached hydrogen (secondary N) is 2. The number of carbonyl (C=O) groups is 1. The number of nitrogens with zero attached hydrogens (tertiary/aromatic N) is 3. The van der Waals surface area contributed by atoms with E-state index in [0.717, 1.165) is 19.5 Å². The van der Waals surface area contributed by atoms with Crippen molar-refractivity contribution in [3.05, 3.63) is 40.0 Å². The topological polar surface area (TPSA) is 115 Å². The molecule has 1 amide bonds. The molecule has 9 nitrogen and oxygen atoms in total. The molecule has 0 spiro atoms. The molecule has 0 bridgehead atoms. The molecule has 0 saturated carbocycles. The number of benzene rings is 1. The molecule has 1 aliphatic rings. The van der Waals surface area contributed by atoms with Crippen molar-refractivity contribution in [2.75, 3.05) is 51.4 Å². The number of hydrogen-bond donors (Lipinski definition) is 3. The van der Waals surface area contributed by atoms with Gasteiger partial charge >= 0.3 is 0 Å². The Labute approximate surface area is 191 Å². The molecule has 2 atom stereocenters. The van der Waals surface area contributed by atoms with Crippen LogP contribution in [-0.2, 0) is 4.74 Å². The number of anilines is 2. The van der Waals surface area contributed by atoms with Crippen molar-refractivity contribution in [2.24, 2.45) is 0 Å². The second-order valence-electron chi connectivity index (χ2n) is 7.19. The molecule has 1 aromatic carbocycles. The van der Waals surface area contributed by atoms with Gasteiger partial charge in [-0.3, -0.25) is 9.69 Å². The number of nitrogens with two attached hydrogens (primary N) is 1. The summed E-state index contributed by atoms with van der Waals surface area (Å²) in [5.41, 5.74) is 6.50. The van der Waals surface area contributed by atoms with Crippen molar-refractivity contribution in [1.82, 2.24) is 20.4 Å². The number of piperidine rings is 1. The minimum absolute atomic E-state index is 0.134. The SMILES string of the molecule is COc1cc(N)c(Cl)cc1C(=O)N[C@@H]1CCN(CCNc2ccc(Cl)nn2)C[C@@H]1OC. The predicted molar refractivity (Wildman–Crippen MR) is 121 cm³/mol. The number of carbonyl (C=O) groups excluding carboxylic acids is 1. The number of nitrogen functional groups attached to an aromatic ring is 1. The summed E-state index contributed by atoms with van der Waals surface area (Å²) in [6.45, 7) is 3.00. The van der Waals surface area contributed by atoms with Gasteiger partial charge in [-0.2, -0.15) is 0 Å². The summed E-state index contributed by atoms with van der Waals surface area (Å²) in [7, 11) is 3.13. The number of rotatable bonds is 8. The van der Waals surface area contributed by atoms with E-state index < -0.39 is 0 Å². The Morgan fingerprint density at radius 1 is 1.29 bits per heavy atom. The minimum atomic E-state index is -0.276. The average molecular weight is 469 g/mol. The van der Waals surface area contributed by atoms with E-state index in [0.29, 0.717) is 46.1 Å². The van der Waals surface area contributed by atoms with E-state index in [4.69, 9.17) is 38.4 Å². The van der Waals surface area contributed by atoms with Gasteiger partial charge in [-0.15, -0.1) is 10.2 Å². The summed E-state index contributed by atoms with van der Waals surface area (Å²) in [5.74, 6) is 0.773. The van der Waals surface area contributed by atoms with E-state index in [9.17, 15) is 4.79 Å². The summed E-state index contributed by atoms with van der Waals surface area (Å²) < 4.78 is 10.9. The van der Waals surface area contributed by atoms with E-state index in [1.165, 1.54) is 13.2 Å². The number of amides is 1. The largest absolute Gasteiger partial charge is 0.496 e. The summed E-state index contributed by atoms with van der Waals surface area (Å²) in [4.78, 5) is 15.1. The Kier molecular flexibility index (Phi) is 8.14. The van der Waals surface area contributed by atoms with Gasteiger partial charge in [-0.05, 0) is 24.6 Å². The molecule has 0 radical (unpaired) electrons. The summed E-state index contributed by atoms with van der Waals surface area (Å²) >= 11 is 11.8. The molecule has 0 aliphatic carbocycles. The lowest BCUT2D eigenvalue weighted by molar-refractivity contribution is 0.00762. The maximum atomic E-state index is 12.9. The van der Waals surface area contributed by atoms with Gasteiger partial charge in [0.05, 0.1) is 35.5 Å². The maximum Gasteiger partial charge on any atom is 0.255 e. The Bertz CT molecular complexity index is 899. The minimum Gasteiger partial charge on any atom is -0.496 e. The van der Waals surface area contributed by atoms with Crippen LogP contribution in [0.3, 0.4) is 0 Å². The van der Waals surface area contributed by atoms with Crippen LogP contribution in [-0.4, -0.2) is 73.5 Å². The van der Waals surface area contributed by atoms with Crippen LogP contribution < -0.4 is 21.1 Å². The first-order valence-electron chi connectivity index (χ1n) is 9.83. The molecule has 1 saturated heterocycles. The first kappa shape index (κ1) is 23.3. The molecule has 3 rings (SSSR count). The third kappa shape index (κ3) is 6.10. The molecule has 168 valence electrons. The number of likely N-dealkylation sites (tertiary alicyclic amines) is 1. The maximum absolute atomic E-state index is 12.9. The third-order valence-corrected chi connectivity index (χ3v) is 5.72. The lowest BCUT2D eigenvalue weighted by atomic mass is 10.0. The summed E-state index contributed by atoms with van der Waals surface area (Å²) in [6.07, 6.45) is 0.596. The van der Waals surface area contributed by atoms with Gasteiger partial charge < -0.3 is 25.8 Å². The standard InChI is InChI=1S/C20H26Cl2N6O3/c1-30-16-10-14(23)13(21)9-12(16)20(29)25-15-5-7-28(11-17(15)31-2)8-6-24-19-4-3-18(22)26-27-19/h3-4,9-10,15,17H,5-8,11,23H2,1-2H3,(H,24,27)(H,25,29)/t15-,17+/m1/s1. The van der Waals surface area contributed by atoms with Crippen LogP contribution in [0, 0.1) is 0 Å². The van der Waals surface area contributed by atoms with Gasteiger partial charge in [0.2, 0.25) is 0 Å². The fraction of sp³-hybridized carbons (Fsp3) is 0.450. The quantitative estimate of drug-likeness (QED) is 0.505. The molecule has 4 N–H and O–H groups in total. The molecule has 1 aliphatic heterocycles. The Hall–Kier alpha value is -2.33. The van der Waals surface area contributed by atoms with Gasteiger partial charge in [0, 0.05) is 39.4 Å². The molecular weight excluding hydrogens is 443 g/mol.